The number of hydrogen-bond donors (Lipinski definition) is 1. The van der Waals surface area contributed by atoms with Crippen molar-refractivity contribution < 1.29 is 0 Å². The maximum Gasteiger partial charge on any atom is 0.203 e. The van der Waals surface area contributed by atoms with Crippen LogP contribution in [0, 0.1) is 16.7 Å². The Kier molecular flexibility index (Phi) is 3.72. The molecule has 0 aliphatic heterocycles. The smallest absolute Gasteiger partial charge is 0.203 e. The Morgan fingerprint density at radius 3 is 2.79 bits per heavy atom. The van der Waals surface area contributed by atoms with Gasteiger partial charge in [-0.2, -0.15) is 5.26 Å². The summed E-state index contributed by atoms with van der Waals surface area (Å²) in [5, 5.41) is 16.9. The number of thioether (sulfide) groups is 1. The van der Waals surface area contributed by atoms with Crippen LogP contribution in [0.25, 0.3) is 0 Å². The lowest BCUT2D eigenvalue weighted by molar-refractivity contribution is 0.482. The first-order valence-electron chi connectivity index (χ1n) is 4.16. The van der Waals surface area contributed by atoms with E-state index in [9.17, 15) is 0 Å². The molecular formula is C8H12N4S2. The van der Waals surface area contributed by atoms with Crippen LogP contribution in [-0.2, 0) is 0 Å². The quantitative estimate of drug-likeness (QED) is 0.799. The molecule has 0 spiro atoms. The largest absolute Gasteiger partial charge is 0.374 e. The van der Waals surface area contributed by atoms with Crippen LogP contribution < -0.4 is 5.73 Å². The van der Waals surface area contributed by atoms with E-state index in [1.54, 1.807) is 11.8 Å². The molecule has 0 saturated carbocycles. The molecular weight excluding hydrogens is 216 g/mol. The van der Waals surface area contributed by atoms with Crippen molar-refractivity contribution in [1.82, 2.24) is 10.2 Å². The topological polar surface area (TPSA) is 75.6 Å². The summed E-state index contributed by atoms with van der Waals surface area (Å²) in [7, 11) is 0. The van der Waals surface area contributed by atoms with Crippen molar-refractivity contribution >= 4 is 28.2 Å². The molecule has 0 fully saturated rings. The van der Waals surface area contributed by atoms with Crippen LogP contribution in [0.2, 0.25) is 0 Å². The summed E-state index contributed by atoms with van der Waals surface area (Å²) in [5.74, 6) is 0.870. The molecule has 0 unspecified atom stereocenters. The standard InChI is InChI=1S/C8H12N4S2/c1-8(2,5-9)3-4-13-7-12-11-6(10)14-7/h3-4H2,1-2H3,(H2,10,11). The van der Waals surface area contributed by atoms with Crippen molar-refractivity contribution in [3.8, 4) is 6.07 Å². The predicted octanol–water partition coefficient (Wildman–Crippen LogP) is 2.15. The van der Waals surface area contributed by atoms with Gasteiger partial charge in [-0.1, -0.05) is 23.1 Å². The van der Waals surface area contributed by atoms with Crippen molar-refractivity contribution in [1.29, 1.82) is 5.26 Å². The van der Waals surface area contributed by atoms with Crippen LogP contribution in [-0.4, -0.2) is 16.0 Å². The normalized spacial score (nSPS) is 11.2. The van der Waals surface area contributed by atoms with Crippen molar-refractivity contribution in [3.63, 3.8) is 0 Å². The minimum Gasteiger partial charge on any atom is -0.374 e. The molecule has 1 aromatic rings. The zero-order valence-corrected chi connectivity index (χ0v) is 9.78. The van der Waals surface area contributed by atoms with E-state index in [4.69, 9.17) is 11.0 Å². The number of nitrogens with two attached hydrogens (primary N) is 1. The average Bonchev–Trinajstić information content (AvgIpc) is 2.51. The van der Waals surface area contributed by atoms with E-state index in [1.807, 2.05) is 13.8 Å². The third-order valence-corrected chi connectivity index (χ3v) is 3.56. The first kappa shape index (κ1) is 11.3. The molecule has 1 heterocycles. The first-order chi connectivity index (χ1) is 6.53. The SMILES string of the molecule is CC(C)(C#N)CCSc1nnc(N)s1. The zero-order valence-electron chi connectivity index (χ0n) is 8.15. The molecule has 2 N–H and O–H groups in total. The summed E-state index contributed by atoms with van der Waals surface area (Å²) < 4.78 is 0.872. The van der Waals surface area contributed by atoms with Crippen LogP contribution in [0.1, 0.15) is 20.3 Å². The predicted molar refractivity (Wildman–Crippen MR) is 59.1 cm³/mol. The molecule has 6 heteroatoms. The summed E-state index contributed by atoms with van der Waals surface area (Å²) in [5.41, 5.74) is 5.18. The van der Waals surface area contributed by atoms with E-state index in [0.717, 1.165) is 16.5 Å². The second kappa shape index (κ2) is 4.62. The average molecular weight is 228 g/mol. The Balaban J connectivity index is 2.33. The van der Waals surface area contributed by atoms with Crippen LogP contribution in [0.15, 0.2) is 4.34 Å². The Morgan fingerprint density at radius 1 is 1.57 bits per heavy atom. The molecule has 0 amide bonds. The van der Waals surface area contributed by atoms with Crippen molar-refractivity contribution in [3.05, 3.63) is 0 Å². The summed E-state index contributed by atoms with van der Waals surface area (Å²) in [6, 6.07) is 2.26. The zero-order chi connectivity index (χ0) is 10.6. The van der Waals surface area contributed by atoms with Crippen molar-refractivity contribution in [2.24, 2.45) is 5.41 Å². The highest BCUT2D eigenvalue weighted by atomic mass is 32.2. The molecule has 0 atom stereocenters. The third-order valence-electron chi connectivity index (χ3n) is 1.68. The fourth-order valence-corrected chi connectivity index (χ4v) is 2.70. The van der Waals surface area contributed by atoms with Gasteiger partial charge in [0.1, 0.15) is 0 Å². The van der Waals surface area contributed by atoms with Crippen LogP contribution in [0.3, 0.4) is 0 Å². The van der Waals surface area contributed by atoms with E-state index < -0.39 is 0 Å². The second-order valence-electron chi connectivity index (χ2n) is 3.50. The van der Waals surface area contributed by atoms with Gasteiger partial charge in [-0.25, -0.2) is 0 Å². The molecule has 1 rings (SSSR count). The van der Waals surface area contributed by atoms with E-state index in [2.05, 4.69) is 16.3 Å². The fourth-order valence-electron chi connectivity index (χ4n) is 0.728. The minimum atomic E-state index is -0.261. The van der Waals surface area contributed by atoms with Crippen molar-refractivity contribution in [2.75, 3.05) is 11.5 Å². The van der Waals surface area contributed by atoms with Gasteiger partial charge in [0.15, 0.2) is 4.34 Å². The van der Waals surface area contributed by atoms with Crippen LogP contribution >= 0.6 is 23.1 Å². The Hall–Kier alpha value is -0.800. The van der Waals surface area contributed by atoms with Gasteiger partial charge in [-0.15, -0.1) is 10.2 Å². The monoisotopic (exact) mass is 228 g/mol. The van der Waals surface area contributed by atoms with E-state index in [1.165, 1.54) is 11.3 Å². The summed E-state index contributed by atoms with van der Waals surface area (Å²) in [6.07, 6.45) is 0.841. The van der Waals surface area contributed by atoms with Gasteiger partial charge >= 0.3 is 0 Å². The van der Waals surface area contributed by atoms with Crippen molar-refractivity contribution in [2.45, 2.75) is 24.6 Å². The number of hydrogen-bond acceptors (Lipinski definition) is 6. The van der Waals surface area contributed by atoms with Gasteiger partial charge in [0.05, 0.1) is 11.5 Å². The molecule has 1 aromatic heterocycles. The fraction of sp³-hybridized carbons (Fsp3) is 0.625. The highest BCUT2D eigenvalue weighted by Crippen LogP contribution is 2.28. The Labute approximate surface area is 91.5 Å². The molecule has 0 bridgehead atoms. The first-order valence-corrected chi connectivity index (χ1v) is 5.97. The Bertz CT molecular complexity index is 339. The maximum absolute atomic E-state index is 8.79. The molecule has 0 saturated heterocycles. The van der Waals surface area contributed by atoms with Gasteiger partial charge in [0.25, 0.3) is 0 Å². The molecule has 0 aliphatic carbocycles. The summed E-state index contributed by atoms with van der Waals surface area (Å²) in [4.78, 5) is 0. The number of anilines is 1. The number of aromatic nitrogens is 2. The number of rotatable bonds is 4. The van der Waals surface area contributed by atoms with E-state index >= 15 is 0 Å². The molecule has 76 valence electrons. The Morgan fingerprint density at radius 2 is 2.29 bits per heavy atom. The lowest BCUT2D eigenvalue weighted by Crippen LogP contribution is -2.08. The van der Waals surface area contributed by atoms with Crippen LogP contribution in [0.4, 0.5) is 5.13 Å². The summed E-state index contributed by atoms with van der Waals surface area (Å²) >= 11 is 2.98. The minimum absolute atomic E-state index is 0.261. The second-order valence-corrected chi connectivity index (χ2v) is 5.85. The molecule has 4 nitrogen and oxygen atoms in total. The highest BCUT2D eigenvalue weighted by molar-refractivity contribution is 8.01. The van der Waals surface area contributed by atoms with Crippen LogP contribution in [0.5, 0.6) is 0 Å². The van der Waals surface area contributed by atoms with E-state index in [0.29, 0.717) is 5.13 Å². The molecule has 0 aliphatic rings. The number of nitrogen functional groups attached to an aromatic ring is 1. The highest BCUT2D eigenvalue weighted by Gasteiger charge is 2.16. The molecule has 0 aromatic carbocycles. The van der Waals surface area contributed by atoms with Gasteiger partial charge in [0, 0.05) is 5.75 Å². The molecule has 0 radical (unpaired) electrons. The van der Waals surface area contributed by atoms with Gasteiger partial charge in [-0.05, 0) is 20.3 Å². The number of nitriles is 1. The number of nitrogens with zero attached hydrogens (tertiary/aromatic N) is 3. The van der Waals surface area contributed by atoms with Gasteiger partial charge in [-0.3, -0.25) is 0 Å². The lowest BCUT2D eigenvalue weighted by atomic mass is 9.93. The van der Waals surface area contributed by atoms with E-state index in [-0.39, 0.29) is 5.41 Å². The third kappa shape index (κ3) is 3.52. The maximum atomic E-state index is 8.79. The van der Waals surface area contributed by atoms with Gasteiger partial charge < -0.3 is 5.73 Å². The van der Waals surface area contributed by atoms with Gasteiger partial charge in [0.2, 0.25) is 5.13 Å². The summed E-state index contributed by atoms with van der Waals surface area (Å²) in [6.45, 7) is 3.87. The lowest BCUT2D eigenvalue weighted by Gasteiger charge is -2.12. The molecule has 14 heavy (non-hydrogen) atoms.